The normalized spacial score (nSPS) is 20.6. The van der Waals surface area contributed by atoms with Crippen LogP contribution in [0.1, 0.15) is 33.6 Å². The van der Waals surface area contributed by atoms with Crippen molar-refractivity contribution >= 4 is 0 Å². The molecule has 0 aromatic carbocycles. The maximum Gasteiger partial charge on any atom is 0.143 e. The van der Waals surface area contributed by atoms with Crippen molar-refractivity contribution in [2.24, 2.45) is 0 Å². The summed E-state index contributed by atoms with van der Waals surface area (Å²) in [7, 11) is 0. The third-order valence-electron chi connectivity index (χ3n) is 2.98. The Morgan fingerprint density at radius 1 is 1.56 bits per heavy atom. The molecule has 2 heteroatoms. The third kappa shape index (κ3) is 1.92. The topological polar surface area (TPSA) is 12.5 Å². The van der Waals surface area contributed by atoms with Crippen LogP contribution < -0.4 is 0 Å². The minimum absolute atomic E-state index is 0.805. The Morgan fingerprint density at radius 2 is 2.38 bits per heavy atom. The molecule has 0 spiro atoms. The Balaban J connectivity index is 2.38. The molecule has 0 atom stereocenters. The number of hydrogen-bond donors (Lipinski definition) is 0. The first-order valence-electron chi connectivity index (χ1n) is 5.91. The second-order valence-corrected chi connectivity index (χ2v) is 4.22. The second-order valence-electron chi connectivity index (χ2n) is 4.22. The number of ether oxygens (including phenoxy) is 1. The zero-order valence-electron chi connectivity index (χ0n) is 10.3. The molecule has 0 aromatic heterocycles. The molecule has 2 nitrogen and oxygen atoms in total. The maximum atomic E-state index is 5.69. The van der Waals surface area contributed by atoms with Crippen LogP contribution >= 0.6 is 0 Å². The maximum absolute atomic E-state index is 5.69. The van der Waals surface area contributed by atoms with Crippen LogP contribution in [0.2, 0.25) is 0 Å². The summed E-state index contributed by atoms with van der Waals surface area (Å²) in [5.74, 6) is 1.01. The van der Waals surface area contributed by atoms with E-state index in [1.807, 2.05) is 12.2 Å². The summed E-state index contributed by atoms with van der Waals surface area (Å²) >= 11 is 0. The fourth-order valence-electron chi connectivity index (χ4n) is 2.14. The van der Waals surface area contributed by atoms with Crippen molar-refractivity contribution in [3.05, 3.63) is 47.2 Å². The largest absolute Gasteiger partial charge is 0.491 e. The van der Waals surface area contributed by atoms with E-state index < -0.39 is 0 Å². The molecule has 0 aromatic rings. The smallest absolute Gasteiger partial charge is 0.143 e. The summed E-state index contributed by atoms with van der Waals surface area (Å²) in [6.45, 7) is 7.30. The van der Waals surface area contributed by atoms with Gasteiger partial charge in [0.1, 0.15) is 5.76 Å². The number of hydrogen-bond acceptors (Lipinski definition) is 2. The molecular formula is C14H19NO. The van der Waals surface area contributed by atoms with Crippen molar-refractivity contribution in [1.29, 1.82) is 0 Å². The van der Waals surface area contributed by atoms with E-state index in [1.54, 1.807) is 0 Å². The van der Waals surface area contributed by atoms with E-state index in [-0.39, 0.29) is 0 Å². The average Bonchev–Trinajstić information content (AvgIpc) is 2.29. The molecule has 0 amide bonds. The van der Waals surface area contributed by atoms with Gasteiger partial charge in [0.25, 0.3) is 0 Å². The molecule has 0 bridgehead atoms. The van der Waals surface area contributed by atoms with E-state index >= 15 is 0 Å². The van der Waals surface area contributed by atoms with Crippen LogP contribution in [0.5, 0.6) is 0 Å². The highest BCUT2D eigenvalue weighted by Gasteiger charge is 2.23. The number of rotatable bonds is 2. The second kappa shape index (κ2) is 4.60. The van der Waals surface area contributed by atoms with Crippen molar-refractivity contribution in [2.45, 2.75) is 33.6 Å². The monoisotopic (exact) mass is 217 g/mol. The van der Waals surface area contributed by atoms with E-state index in [0.717, 1.165) is 25.2 Å². The van der Waals surface area contributed by atoms with Crippen LogP contribution in [0.4, 0.5) is 0 Å². The zero-order chi connectivity index (χ0) is 11.5. The summed E-state index contributed by atoms with van der Waals surface area (Å²) in [6, 6.07) is 0. The summed E-state index contributed by atoms with van der Waals surface area (Å²) in [5.41, 5.74) is 3.91. The molecule has 0 unspecified atom stereocenters. The Hall–Kier alpha value is -1.44. The summed E-state index contributed by atoms with van der Waals surface area (Å²) in [5, 5.41) is 0. The van der Waals surface area contributed by atoms with Crippen LogP contribution in [-0.4, -0.2) is 11.5 Å². The summed E-state index contributed by atoms with van der Waals surface area (Å²) in [4.78, 5) is 2.23. The van der Waals surface area contributed by atoms with Crippen molar-refractivity contribution in [2.75, 3.05) is 6.61 Å². The van der Waals surface area contributed by atoms with Crippen molar-refractivity contribution in [1.82, 2.24) is 4.90 Å². The van der Waals surface area contributed by atoms with Crippen LogP contribution in [-0.2, 0) is 4.74 Å². The Bertz CT molecular complexity index is 399. The highest BCUT2D eigenvalue weighted by molar-refractivity contribution is 5.41. The van der Waals surface area contributed by atoms with Gasteiger partial charge in [-0.15, -0.1) is 0 Å². The molecule has 2 aliphatic rings. The van der Waals surface area contributed by atoms with Gasteiger partial charge < -0.3 is 9.64 Å². The molecule has 16 heavy (non-hydrogen) atoms. The van der Waals surface area contributed by atoms with Gasteiger partial charge in [-0.2, -0.15) is 0 Å². The molecule has 0 fully saturated rings. The van der Waals surface area contributed by atoms with Crippen LogP contribution in [0, 0.1) is 0 Å². The fraction of sp³-hybridized carbons (Fsp3) is 0.429. The average molecular weight is 217 g/mol. The predicted octanol–water partition coefficient (Wildman–Crippen LogP) is 3.71. The molecule has 2 rings (SSSR count). The zero-order valence-corrected chi connectivity index (χ0v) is 10.3. The first kappa shape index (κ1) is 11.1. The van der Waals surface area contributed by atoms with E-state index in [1.165, 1.54) is 17.0 Å². The van der Waals surface area contributed by atoms with Gasteiger partial charge in [0.05, 0.1) is 12.3 Å². The summed E-state index contributed by atoms with van der Waals surface area (Å²) < 4.78 is 5.69. The molecule has 86 valence electrons. The van der Waals surface area contributed by atoms with Gasteiger partial charge in [0.2, 0.25) is 0 Å². The molecule has 2 aliphatic heterocycles. The van der Waals surface area contributed by atoms with Gasteiger partial charge in [0, 0.05) is 18.3 Å². The third-order valence-corrected chi connectivity index (χ3v) is 2.98. The Kier molecular flexibility index (Phi) is 3.18. The SMILES string of the molecule is CC/C=C(\C)N1C=CC=C2OCCC(C)=C21. The van der Waals surface area contributed by atoms with Gasteiger partial charge >= 0.3 is 0 Å². The summed E-state index contributed by atoms with van der Waals surface area (Å²) in [6.07, 6.45) is 10.5. The molecule has 0 radical (unpaired) electrons. The van der Waals surface area contributed by atoms with E-state index in [2.05, 4.69) is 37.9 Å². The number of fused-ring (bicyclic) bond motifs is 1. The van der Waals surface area contributed by atoms with Crippen molar-refractivity contribution in [3.63, 3.8) is 0 Å². The molecular weight excluding hydrogens is 198 g/mol. The predicted molar refractivity (Wildman–Crippen MR) is 66.4 cm³/mol. The van der Waals surface area contributed by atoms with E-state index in [9.17, 15) is 0 Å². The van der Waals surface area contributed by atoms with Crippen LogP contribution in [0.15, 0.2) is 47.2 Å². The van der Waals surface area contributed by atoms with Gasteiger partial charge in [-0.05, 0) is 38.0 Å². The molecule has 0 N–H and O–H groups in total. The van der Waals surface area contributed by atoms with Crippen molar-refractivity contribution < 1.29 is 4.74 Å². The lowest BCUT2D eigenvalue weighted by atomic mass is 10.0. The van der Waals surface area contributed by atoms with Gasteiger partial charge in [-0.3, -0.25) is 0 Å². The number of nitrogens with zero attached hydrogens (tertiary/aromatic N) is 1. The quantitative estimate of drug-likeness (QED) is 0.699. The lowest BCUT2D eigenvalue weighted by Crippen LogP contribution is -2.24. The first-order valence-corrected chi connectivity index (χ1v) is 5.91. The van der Waals surface area contributed by atoms with Crippen molar-refractivity contribution in [3.8, 4) is 0 Å². The highest BCUT2D eigenvalue weighted by Crippen LogP contribution is 2.32. The standard InChI is InChI=1S/C14H19NO/c1-4-6-12(3)15-9-5-7-13-14(15)11(2)8-10-16-13/h5-7,9H,4,8,10H2,1-3H3/b12-6+. The molecule has 0 aliphatic carbocycles. The van der Waals surface area contributed by atoms with Crippen LogP contribution in [0.3, 0.4) is 0 Å². The Morgan fingerprint density at radius 3 is 3.12 bits per heavy atom. The van der Waals surface area contributed by atoms with Gasteiger partial charge in [-0.25, -0.2) is 0 Å². The highest BCUT2D eigenvalue weighted by atomic mass is 16.5. The molecule has 0 saturated heterocycles. The fourth-order valence-corrected chi connectivity index (χ4v) is 2.14. The van der Waals surface area contributed by atoms with E-state index in [0.29, 0.717) is 0 Å². The minimum Gasteiger partial charge on any atom is -0.491 e. The van der Waals surface area contributed by atoms with E-state index in [4.69, 9.17) is 4.74 Å². The Labute approximate surface area is 97.6 Å². The molecule has 2 heterocycles. The molecule has 0 saturated carbocycles. The minimum atomic E-state index is 0.805. The van der Waals surface area contributed by atoms with Crippen LogP contribution in [0.25, 0.3) is 0 Å². The lowest BCUT2D eigenvalue weighted by molar-refractivity contribution is 0.195. The van der Waals surface area contributed by atoms with Gasteiger partial charge in [0.15, 0.2) is 0 Å². The number of allylic oxidation sites excluding steroid dienone is 4. The van der Waals surface area contributed by atoms with Gasteiger partial charge in [-0.1, -0.05) is 13.0 Å². The first-order chi connectivity index (χ1) is 7.74. The lowest BCUT2D eigenvalue weighted by Gasteiger charge is -2.33.